The highest BCUT2D eigenvalue weighted by atomic mass is 32.2. The lowest BCUT2D eigenvalue weighted by Crippen LogP contribution is -2.22. The molecule has 9 heteroatoms. The van der Waals surface area contributed by atoms with Gasteiger partial charge in [-0.15, -0.1) is 21.5 Å². The second-order valence-electron chi connectivity index (χ2n) is 5.92. The van der Waals surface area contributed by atoms with Crippen molar-refractivity contribution < 1.29 is 0 Å². The Morgan fingerprint density at radius 2 is 2.04 bits per heavy atom. The number of aryl methyl sites for hydroxylation is 1. The number of aromatic nitrogens is 6. The van der Waals surface area contributed by atoms with E-state index in [1.807, 2.05) is 47.0 Å². The zero-order valence-corrected chi connectivity index (χ0v) is 16.0. The lowest BCUT2D eigenvalue weighted by atomic mass is 10.2. The molecule has 0 aliphatic carbocycles. The Bertz CT molecular complexity index is 1350. The van der Waals surface area contributed by atoms with E-state index in [-0.39, 0.29) is 5.56 Å². The number of nitrogens with zero attached hydrogens (tertiary/aromatic N) is 6. The molecule has 134 valence electrons. The molecule has 7 nitrogen and oxygen atoms in total. The van der Waals surface area contributed by atoms with Crippen molar-refractivity contribution >= 4 is 50.0 Å². The first-order valence-electron chi connectivity index (χ1n) is 8.44. The summed E-state index contributed by atoms with van der Waals surface area (Å²) in [6, 6.07) is 9.58. The highest BCUT2D eigenvalue weighted by molar-refractivity contribution is 7.98. The molecule has 27 heavy (non-hydrogen) atoms. The van der Waals surface area contributed by atoms with E-state index in [9.17, 15) is 4.79 Å². The Labute approximate surface area is 161 Å². The molecular weight excluding hydrogens is 380 g/mol. The van der Waals surface area contributed by atoms with E-state index < -0.39 is 0 Å². The molecule has 0 saturated carbocycles. The Balaban J connectivity index is 1.65. The van der Waals surface area contributed by atoms with Crippen molar-refractivity contribution in [1.29, 1.82) is 0 Å². The number of thioether (sulfide) groups is 1. The molecule has 0 fully saturated rings. The average molecular weight is 394 g/mol. The normalized spacial score (nSPS) is 11.7. The van der Waals surface area contributed by atoms with Crippen LogP contribution in [-0.2, 0) is 12.3 Å². The van der Waals surface area contributed by atoms with Crippen LogP contribution in [0.5, 0.6) is 0 Å². The monoisotopic (exact) mass is 394 g/mol. The topological polar surface area (TPSA) is 78.0 Å². The van der Waals surface area contributed by atoms with Crippen molar-refractivity contribution in [3.05, 3.63) is 58.2 Å². The third-order valence-electron chi connectivity index (χ3n) is 4.44. The fourth-order valence-electron chi connectivity index (χ4n) is 3.19. The second kappa shape index (κ2) is 6.43. The summed E-state index contributed by atoms with van der Waals surface area (Å²) < 4.78 is 4.71. The highest BCUT2D eigenvalue weighted by Gasteiger charge is 2.16. The maximum absolute atomic E-state index is 12.7. The SMILES string of the molecule is CCn1c(=O)c2ccccc2n2c(CSc3ncnc4ccsc34)nnc12. The van der Waals surface area contributed by atoms with Gasteiger partial charge in [-0.05, 0) is 30.5 Å². The summed E-state index contributed by atoms with van der Waals surface area (Å²) in [6.45, 7) is 2.48. The Hall–Kier alpha value is -2.78. The van der Waals surface area contributed by atoms with E-state index >= 15 is 0 Å². The van der Waals surface area contributed by atoms with E-state index in [0.29, 0.717) is 23.5 Å². The van der Waals surface area contributed by atoms with E-state index in [1.54, 1.807) is 34.0 Å². The van der Waals surface area contributed by atoms with Crippen LogP contribution in [0.15, 0.2) is 51.9 Å². The molecule has 0 amide bonds. The number of thiophene rings is 1. The predicted molar refractivity (Wildman–Crippen MR) is 107 cm³/mol. The largest absolute Gasteiger partial charge is 0.277 e. The summed E-state index contributed by atoms with van der Waals surface area (Å²) in [6.07, 6.45) is 1.59. The summed E-state index contributed by atoms with van der Waals surface area (Å²) in [4.78, 5) is 21.4. The maximum Gasteiger partial charge on any atom is 0.262 e. The minimum atomic E-state index is -0.0386. The molecule has 5 aromatic rings. The van der Waals surface area contributed by atoms with Gasteiger partial charge >= 0.3 is 0 Å². The standard InChI is InChI=1S/C18H14N6OS2/c1-2-23-17(25)11-5-3-4-6-13(11)24-14(21-22-18(23)24)9-27-16-15-12(7-8-26-15)19-10-20-16/h3-8,10H,2,9H2,1H3. The number of fused-ring (bicyclic) bond motifs is 4. The second-order valence-corrected chi connectivity index (χ2v) is 7.80. The Morgan fingerprint density at radius 3 is 2.93 bits per heavy atom. The summed E-state index contributed by atoms with van der Waals surface area (Å²) in [5.41, 5.74) is 1.74. The maximum atomic E-state index is 12.7. The van der Waals surface area contributed by atoms with Gasteiger partial charge in [-0.3, -0.25) is 13.8 Å². The third-order valence-corrected chi connectivity index (χ3v) is 6.46. The molecule has 0 radical (unpaired) electrons. The van der Waals surface area contributed by atoms with Gasteiger partial charge in [-0.25, -0.2) is 9.97 Å². The smallest absolute Gasteiger partial charge is 0.262 e. The fourth-order valence-corrected chi connectivity index (χ4v) is 5.05. The molecule has 0 atom stereocenters. The van der Waals surface area contributed by atoms with Gasteiger partial charge < -0.3 is 0 Å². The molecule has 1 aromatic carbocycles. The predicted octanol–water partition coefficient (Wildman–Crippen LogP) is 3.36. The van der Waals surface area contributed by atoms with Gasteiger partial charge in [0, 0.05) is 6.54 Å². The van der Waals surface area contributed by atoms with E-state index in [4.69, 9.17) is 0 Å². The van der Waals surface area contributed by atoms with Crippen molar-refractivity contribution in [1.82, 2.24) is 29.1 Å². The van der Waals surface area contributed by atoms with Gasteiger partial charge in [-0.2, -0.15) is 0 Å². The highest BCUT2D eigenvalue weighted by Crippen LogP contribution is 2.30. The number of hydrogen-bond acceptors (Lipinski definition) is 7. The van der Waals surface area contributed by atoms with Gasteiger partial charge in [0.15, 0.2) is 0 Å². The molecule has 0 bridgehead atoms. The fraction of sp³-hybridized carbons (Fsp3) is 0.167. The van der Waals surface area contributed by atoms with Crippen LogP contribution in [0.2, 0.25) is 0 Å². The van der Waals surface area contributed by atoms with Gasteiger partial charge in [0.2, 0.25) is 5.78 Å². The van der Waals surface area contributed by atoms with Crippen LogP contribution in [0.1, 0.15) is 12.7 Å². The van der Waals surface area contributed by atoms with Crippen LogP contribution >= 0.6 is 23.1 Å². The zero-order chi connectivity index (χ0) is 18.4. The van der Waals surface area contributed by atoms with Crippen molar-refractivity contribution in [2.24, 2.45) is 0 Å². The van der Waals surface area contributed by atoms with Crippen molar-refractivity contribution in [3.63, 3.8) is 0 Å². The van der Waals surface area contributed by atoms with Crippen molar-refractivity contribution in [3.8, 4) is 0 Å². The van der Waals surface area contributed by atoms with Crippen LogP contribution < -0.4 is 5.56 Å². The lowest BCUT2D eigenvalue weighted by molar-refractivity contribution is 0.735. The van der Waals surface area contributed by atoms with Gasteiger partial charge in [0.05, 0.1) is 26.9 Å². The molecule has 0 saturated heterocycles. The first-order valence-corrected chi connectivity index (χ1v) is 10.3. The molecule has 0 spiro atoms. The van der Waals surface area contributed by atoms with E-state index in [0.717, 1.165) is 26.6 Å². The Morgan fingerprint density at radius 1 is 1.15 bits per heavy atom. The number of para-hydroxylation sites is 1. The van der Waals surface area contributed by atoms with E-state index in [2.05, 4.69) is 20.2 Å². The first-order chi connectivity index (χ1) is 13.3. The van der Waals surface area contributed by atoms with Crippen LogP contribution in [0.25, 0.3) is 26.9 Å². The van der Waals surface area contributed by atoms with E-state index in [1.165, 1.54) is 0 Å². The summed E-state index contributed by atoms with van der Waals surface area (Å²) >= 11 is 3.23. The minimum absolute atomic E-state index is 0.0386. The third kappa shape index (κ3) is 2.54. The molecule has 0 aliphatic heterocycles. The Kier molecular flexibility index (Phi) is 3.91. The summed E-state index contributed by atoms with van der Waals surface area (Å²) in [5.74, 6) is 1.95. The molecule has 0 aliphatic rings. The summed E-state index contributed by atoms with van der Waals surface area (Å²) in [5, 5.41) is 12.3. The van der Waals surface area contributed by atoms with Gasteiger partial charge in [-0.1, -0.05) is 23.9 Å². The number of hydrogen-bond donors (Lipinski definition) is 0. The lowest BCUT2D eigenvalue weighted by Gasteiger charge is -2.09. The van der Waals surface area contributed by atoms with Crippen molar-refractivity contribution in [2.75, 3.05) is 0 Å². The molecule has 5 rings (SSSR count). The summed E-state index contributed by atoms with van der Waals surface area (Å²) in [7, 11) is 0. The zero-order valence-electron chi connectivity index (χ0n) is 14.4. The van der Waals surface area contributed by atoms with Crippen molar-refractivity contribution in [2.45, 2.75) is 24.2 Å². The van der Waals surface area contributed by atoms with Crippen LogP contribution in [0.4, 0.5) is 0 Å². The molecule has 4 heterocycles. The van der Waals surface area contributed by atoms with Crippen LogP contribution in [0.3, 0.4) is 0 Å². The van der Waals surface area contributed by atoms with Crippen LogP contribution in [-0.4, -0.2) is 29.1 Å². The van der Waals surface area contributed by atoms with Crippen LogP contribution in [0, 0.1) is 0 Å². The quantitative estimate of drug-likeness (QED) is 0.344. The minimum Gasteiger partial charge on any atom is -0.277 e. The molecule has 0 N–H and O–H groups in total. The molecule has 0 unspecified atom stereocenters. The van der Waals surface area contributed by atoms with Gasteiger partial charge in [0.1, 0.15) is 17.2 Å². The molecule has 4 aromatic heterocycles. The van der Waals surface area contributed by atoms with Gasteiger partial charge in [0.25, 0.3) is 5.56 Å². The number of benzene rings is 1. The average Bonchev–Trinajstić information content (AvgIpc) is 3.34. The number of rotatable bonds is 4. The molecular formula is C18H14N6OS2. The first kappa shape index (κ1) is 16.4.